The number of benzene rings is 2. The van der Waals surface area contributed by atoms with E-state index in [1.165, 1.54) is 27.7 Å². The number of hydrogen-bond acceptors (Lipinski definition) is 8. The van der Waals surface area contributed by atoms with Crippen molar-refractivity contribution in [3.8, 4) is 0 Å². The molecule has 2 aromatic carbocycles. The van der Waals surface area contributed by atoms with Crippen molar-refractivity contribution in [3.05, 3.63) is 58.1 Å². The Morgan fingerprint density at radius 1 is 1.03 bits per heavy atom. The van der Waals surface area contributed by atoms with Crippen LogP contribution in [0, 0.1) is 17.0 Å². The molecule has 2 fully saturated rings. The highest BCUT2D eigenvalue weighted by molar-refractivity contribution is 7.89. The van der Waals surface area contributed by atoms with Crippen LogP contribution >= 0.6 is 0 Å². The number of morpholine rings is 1. The Balaban J connectivity index is 1.34. The molecule has 0 saturated carbocycles. The number of nitro groups is 1. The molecule has 2 heterocycles. The molecule has 0 bridgehead atoms. The van der Waals surface area contributed by atoms with Crippen LogP contribution in [0.15, 0.2) is 47.4 Å². The number of sulfonamides is 1. The highest BCUT2D eigenvalue weighted by Gasteiger charge is 2.29. The van der Waals surface area contributed by atoms with Crippen LogP contribution in [0.2, 0.25) is 0 Å². The molecule has 4 rings (SSSR count). The van der Waals surface area contributed by atoms with Crippen molar-refractivity contribution in [2.24, 2.45) is 0 Å². The Bertz CT molecular complexity index is 1110. The minimum absolute atomic E-state index is 0.0704. The van der Waals surface area contributed by atoms with Gasteiger partial charge in [0.05, 0.1) is 23.0 Å². The number of piperazine rings is 1. The zero-order valence-corrected chi connectivity index (χ0v) is 20.2. The van der Waals surface area contributed by atoms with Crippen molar-refractivity contribution < 1.29 is 18.1 Å². The summed E-state index contributed by atoms with van der Waals surface area (Å²) in [7, 11) is -3.80. The van der Waals surface area contributed by atoms with Crippen LogP contribution < -0.4 is 10.2 Å². The first-order chi connectivity index (χ1) is 16.3. The van der Waals surface area contributed by atoms with Gasteiger partial charge in [-0.25, -0.2) is 8.42 Å². The Morgan fingerprint density at radius 2 is 1.76 bits per heavy atom. The number of rotatable bonds is 8. The Kier molecular flexibility index (Phi) is 7.67. The van der Waals surface area contributed by atoms with Gasteiger partial charge in [0.25, 0.3) is 5.69 Å². The molecule has 184 valence electrons. The molecule has 0 atom stereocenters. The molecule has 2 aliphatic rings. The molecule has 0 spiro atoms. The van der Waals surface area contributed by atoms with Gasteiger partial charge in [-0.3, -0.25) is 15.0 Å². The molecule has 2 aliphatic heterocycles. The summed E-state index contributed by atoms with van der Waals surface area (Å²) in [5, 5.41) is 14.8. The molecular weight excluding hydrogens is 458 g/mol. The van der Waals surface area contributed by atoms with E-state index in [-0.39, 0.29) is 23.7 Å². The van der Waals surface area contributed by atoms with Gasteiger partial charge in [-0.15, -0.1) is 0 Å². The van der Waals surface area contributed by atoms with Crippen molar-refractivity contribution >= 4 is 27.1 Å². The van der Waals surface area contributed by atoms with Gasteiger partial charge in [0.15, 0.2) is 0 Å². The van der Waals surface area contributed by atoms with Crippen LogP contribution in [0.4, 0.5) is 17.1 Å². The largest absolute Gasteiger partial charge is 0.379 e. The second-order valence-electron chi connectivity index (χ2n) is 8.55. The Morgan fingerprint density at radius 3 is 2.44 bits per heavy atom. The first kappa shape index (κ1) is 24.4. The fourth-order valence-electron chi connectivity index (χ4n) is 4.31. The molecule has 10 nitrogen and oxygen atoms in total. The molecule has 1 N–H and O–H groups in total. The summed E-state index contributed by atoms with van der Waals surface area (Å²) in [6, 6.07) is 12.6. The number of hydrogen-bond donors (Lipinski definition) is 1. The van der Waals surface area contributed by atoms with Gasteiger partial charge >= 0.3 is 0 Å². The van der Waals surface area contributed by atoms with Crippen molar-refractivity contribution in [3.63, 3.8) is 0 Å². The number of nitrogens with zero attached hydrogens (tertiary/aromatic N) is 4. The predicted molar refractivity (Wildman–Crippen MR) is 131 cm³/mol. The Hall–Kier alpha value is -2.73. The van der Waals surface area contributed by atoms with E-state index in [1.54, 1.807) is 0 Å². The van der Waals surface area contributed by atoms with E-state index in [1.807, 2.05) is 0 Å². The number of aryl methyl sites for hydroxylation is 1. The summed E-state index contributed by atoms with van der Waals surface area (Å²) in [6.07, 6.45) is 0. The van der Waals surface area contributed by atoms with E-state index in [2.05, 4.69) is 46.3 Å². The third-order valence-corrected chi connectivity index (χ3v) is 8.15. The summed E-state index contributed by atoms with van der Waals surface area (Å²) in [6.45, 7) is 8.17. The molecule has 0 aliphatic carbocycles. The first-order valence-corrected chi connectivity index (χ1v) is 12.9. The maximum absolute atomic E-state index is 12.9. The molecular formula is C23H31N5O5S. The van der Waals surface area contributed by atoms with Crippen molar-refractivity contribution in [1.82, 2.24) is 9.21 Å². The smallest absolute Gasteiger partial charge is 0.293 e. The van der Waals surface area contributed by atoms with E-state index in [9.17, 15) is 18.5 Å². The molecule has 0 amide bonds. The zero-order valence-electron chi connectivity index (χ0n) is 19.4. The SMILES string of the molecule is Cc1cccc(N2CCN(CCNc3ccc(S(=O)(=O)N4CCOCC4)cc3[N+](=O)[O-])CC2)c1. The lowest BCUT2D eigenvalue weighted by Crippen LogP contribution is -2.47. The lowest BCUT2D eigenvalue weighted by Gasteiger charge is -2.36. The van der Waals surface area contributed by atoms with Gasteiger partial charge in [-0.1, -0.05) is 12.1 Å². The molecule has 34 heavy (non-hydrogen) atoms. The lowest BCUT2D eigenvalue weighted by atomic mass is 10.2. The van der Waals surface area contributed by atoms with Crippen molar-refractivity contribution in [1.29, 1.82) is 0 Å². The van der Waals surface area contributed by atoms with Gasteiger partial charge in [-0.05, 0) is 36.8 Å². The minimum Gasteiger partial charge on any atom is -0.379 e. The first-order valence-electron chi connectivity index (χ1n) is 11.5. The maximum Gasteiger partial charge on any atom is 0.293 e. The van der Waals surface area contributed by atoms with E-state index in [4.69, 9.17) is 4.74 Å². The normalized spacial score (nSPS) is 18.1. The van der Waals surface area contributed by atoms with Gasteiger partial charge in [0, 0.05) is 64.1 Å². The van der Waals surface area contributed by atoms with Crippen LogP contribution in [-0.2, 0) is 14.8 Å². The third-order valence-electron chi connectivity index (χ3n) is 6.26. The van der Waals surface area contributed by atoms with Crippen LogP contribution in [0.1, 0.15) is 5.56 Å². The van der Waals surface area contributed by atoms with E-state index in [0.717, 1.165) is 38.8 Å². The fourth-order valence-corrected chi connectivity index (χ4v) is 5.74. The van der Waals surface area contributed by atoms with Gasteiger partial charge < -0.3 is 15.0 Å². The number of ether oxygens (including phenoxy) is 1. The molecule has 11 heteroatoms. The minimum atomic E-state index is -3.80. The number of anilines is 2. The summed E-state index contributed by atoms with van der Waals surface area (Å²) in [5.41, 5.74) is 2.57. The predicted octanol–water partition coefficient (Wildman–Crippen LogP) is 2.16. The van der Waals surface area contributed by atoms with Gasteiger partial charge in [-0.2, -0.15) is 4.31 Å². The number of nitro benzene ring substituents is 1. The summed E-state index contributed by atoms with van der Waals surface area (Å²) in [4.78, 5) is 15.7. The van der Waals surface area contributed by atoms with Gasteiger partial charge in [0.2, 0.25) is 10.0 Å². The maximum atomic E-state index is 12.9. The molecule has 0 aromatic heterocycles. The molecule has 2 saturated heterocycles. The van der Waals surface area contributed by atoms with E-state index >= 15 is 0 Å². The molecule has 0 unspecified atom stereocenters. The quantitative estimate of drug-likeness (QED) is 0.444. The van der Waals surface area contributed by atoms with Crippen molar-refractivity contribution in [2.75, 3.05) is 75.8 Å². The summed E-state index contributed by atoms with van der Waals surface area (Å²) < 4.78 is 32.2. The van der Waals surface area contributed by atoms with Gasteiger partial charge in [0.1, 0.15) is 5.69 Å². The summed E-state index contributed by atoms with van der Waals surface area (Å²) in [5.74, 6) is 0. The van der Waals surface area contributed by atoms with Crippen LogP contribution in [-0.4, -0.2) is 88.1 Å². The topological polar surface area (TPSA) is 108 Å². The fraction of sp³-hybridized carbons (Fsp3) is 0.478. The van der Waals surface area contributed by atoms with Crippen LogP contribution in [0.25, 0.3) is 0 Å². The van der Waals surface area contributed by atoms with E-state index in [0.29, 0.717) is 25.4 Å². The highest BCUT2D eigenvalue weighted by atomic mass is 32.2. The highest BCUT2D eigenvalue weighted by Crippen LogP contribution is 2.29. The Labute approximate surface area is 200 Å². The molecule has 0 radical (unpaired) electrons. The number of nitrogens with one attached hydrogen (secondary N) is 1. The average molecular weight is 490 g/mol. The zero-order chi connectivity index (χ0) is 24.1. The van der Waals surface area contributed by atoms with Crippen LogP contribution in [0.3, 0.4) is 0 Å². The standard InChI is InChI=1S/C23H31N5O5S/c1-19-3-2-4-20(17-19)26-11-9-25(10-12-26)8-7-24-22-6-5-21(18-23(22)28(29)30)34(31,32)27-13-15-33-16-14-27/h2-6,17-18,24H,7-16H2,1H3. The second-order valence-corrected chi connectivity index (χ2v) is 10.5. The average Bonchev–Trinajstić information content (AvgIpc) is 2.85. The lowest BCUT2D eigenvalue weighted by molar-refractivity contribution is -0.384. The summed E-state index contributed by atoms with van der Waals surface area (Å²) >= 11 is 0. The monoisotopic (exact) mass is 489 g/mol. The van der Waals surface area contributed by atoms with Crippen LogP contribution in [0.5, 0.6) is 0 Å². The third kappa shape index (κ3) is 5.66. The molecule has 2 aromatic rings. The van der Waals surface area contributed by atoms with Crippen molar-refractivity contribution in [2.45, 2.75) is 11.8 Å². The second kappa shape index (κ2) is 10.7. The van der Waals surface area contributed by atoms with E-state index < -0.39 is 14.9 Å².